The summed E-state index contributed by atoms with van der Waals surface area (Å²) in [6, 6.07) is -0.305. The summed E-state index contributed by atoms with van der Waals surface area (Å²) in [6.07, 6.45) is 1.19. The SMILES string of the molecule is CCC1(C(=O)O)CCN(C(=O)NCCC(=O)NC)C1. The molecule has 7 heteroatoms. The van der Waals surface area contributed by atoms with Gasteiger partial charge in [0.1, 0.15) is 0 Å². The van der Waals surface area contributed by atoms with E-state index >= 15 is 0 Å². The number of hydrogen-bond acceptors (Lipinski definition) is 3. The average Bonchev–Trinajstić information content (AvgIpc) is 2.84. The fraction of sp³-hybridized carbons (Fsp3) is 0.750. The summed E-state index contributed by atoms with van der Waals surface area (Å²) in [5, 5.41) is 14.3. The second-order valence-electron chi connectivity index (χ2n) is 4.77. The van der Waals surface area contributed by atoms with Crippen LogP contribution in [0.1, 0.15) is 26.2 Å². The van der Waals surface area contributed by atoms with Crippen molar-refractivity contribution in [2.45, 2.75) is 26.2 Å². The van der Waals surface area contributed by atoms with Crippen molar-refractivity contribution in [3.05, 3.63) is 0 Å². The van der Waals surface area contributed by atoms with Gasteiger partial charge in [-0.15, -0.1) is 0 Å². The molecule has 3 N–H and O–H groups in total. The van der Waals surface area contributed by atoms with Crippen molar-refractivity contribution in [3.63, 3.8) is 0 Å². The lowest BCUT2D eigenvalue weighted by atomic mass is 9.84. The van der Waals surface area contributed by atoms with E-state index in [1.54, 1.807) is 0 Å². The van der Waals surface area contributed by atoms with Gasteiger partial charge in [0.15, 0.2) is 0 Å². The maximum absolute atomic E-state index is 11.8. The zero-order valence-corrected chi connectivity index (χ0v) is 11.4. The van der Waals surface area contributed by atoms with E-state index in [0.29, 0.717) is 19.4 Å². The van der Waals surface area contributed by atoms with Crippen LogP contribution in [0.25, 0.3) is 0 Å². The molecule has 0 aliphatic carbocycles. The fourth-order valence-electron chi connectivity index (χ4n) is 2.18. The largest absolute Gasteiger partial charge is 0.481 e. The number of carbonyl (C=O) groups is 3. The predicted octanol–water partition coefficient (Wildman–Crippen LogP) is 0.0188. The average molecular weight is 271 g/mol. The van der Waals surface area contributed by atoms with Crippen molar-refractivity contribution in [3.8, 4) is 0 Å². The highest BCUT2D eigenvalue weighted by molar-refractivity contribution is 5.80. The van der Waals surface area contributed by atoms with Gasteiger partial charge in [0, 0.05) is 33.1 Å². The van der Waals surface area contributed by atoms with E-state index in [2.05, 4.69) is 10.6 Å². The standard InChI is InChI=1S/C12H21N3O4/c1-3-12(10(17)18)5-7-15(8-12)11(19)14-6-4-9(16)13-2/h3-8H2,1-2H3,(H,13,16)(H,14,19)(H,17,18). The Balaban J connectivity index is 2.44. The van der Waals surface area contributed by atoms with Crippen LogP contribution in [-0.4, -0.2) is 54.6 Å². The van der Waals surface area contributed by atoms with Gasteiger partial charge in [-0.1, -0.05) is 6.92 Å². The third-order valence-corrected chi connectivity index (χ3v) is 3.68. The molecule has 1 fully saturated rings. The molecule has 19 heavy (non-hydrogen) atoms. The van der Waals surface area contributed by atoms with Gasteiger partial charge in [-0.3, -0.25) is 9.59 Å². The molecule has 0 saturated carbocycles. The van der Waals surface area contributed by atoms with Gasteiger partial charge in [0.05, 0.1) is 5.41 Å². The zero-order chi connectivity index (χ0) is 14.5. The first-order chi connectivity index (χ1) is 8.95. The van der Waals surface area contributed by atoms with Gasteiger partial charge in [-0.2, -0.15) is 0 Å². The molecule has 1 rings (SSSR count). The Kier molecular flexibility index (Phi) is 5.14. The summed E-state index contributed by atoms with van der Waals surface area (Å²) in [6.45, 7) is 2.74. The van der Waals surface area contributed by atoms with E-state index in [1.807, 2.05) is 6.92 Å². The first kappa shape index (κ1) is 15.3. The number of carboxylic acids is 1. The van der Waals surface area contributed by atoms with E-state index in [-0.39, 0.29) is 31.4 Å². The topological polar surface area (TPSA) is 98.7 Å². The fourth-order valence-corrected chi connectivity index (χ4v) is 2.18. The monoisotopic (exact) mass is 271 g/mol. The van der Waals surface area contributed by atoms with E-state index in [1.165, 1.54) is 11.9 Å². The van der Waals surface area contributed by atoms with Crippen molar-refractivity contribution >= 4 is 17.9 Å². The summed E-state index contributed by atoms with van der Waals surface area (Å²) >= 11 is 0. The number of urea groups is 1. The highest BCUT2D eigenvalue weighted by Gasteiger charge is 2.44. The zero-order valence-electron chi connectivity index (χ0n) is 11.4. The van der Waals surface area contributed by atoms with Gasteiger partial charge in [-0.25, -0.2) is 4.79 Å². The van der Waals surface area contributed by atoms with Crippen molar-refractivity contribution < 1.29 is 19.5 Å². The van der Waals surface area contributed by atoms with Crippen LogP contribution in [0.3, 0.4) is 0 Å². The molecule has 0 aromatic heterocycles. The Morgan fingerprint density at radius 1 is 1.37 bits per heavy atom. The van der Waals surface area contributed by atoms with Crippen LogP contribution < -0.4 is 10.6 Å². The molecule has 1 aliphatic heterocycles. The number of likely N-dealkylation sites (tertiary alicyclic amines) is 1. The highest BCUT2D eigenvalue weighted by Crippen LogP contribution is 2.34. The molecule has 1 atom stereocenters. The quantitative estimate of drug-likeness (QED) is 0.656. The van der Waals surface area contributed by atoms with Gasteiger partial charge >= 0.3 is 12.0 Å². The lowest BCUT2D eigenvalue weighted by molar-refractivity contribution is -0.148. The van der Waals surface area contributed by atoms with Crippen molar-refractivity contribution in [1.82, 2.24) is 15.5 Å². The van der Waals surface area contributed by atoms with Gasteiger partial charge in [0.2, 0.25) is 5.91 Å². The highest BCUT2D eigenvalue weighted by atomic mass is 16.4. The summed E-state index contributed by atoms with van der Waals surface area (Å²) in [5.41, 5.74) is -0.821. The number of rotatable bonds is 5. The molecule has 0 aromatic rings. The van der Waals surface area contributed by atoms with Crippen LogP contribution in [0, 0.1) is 5.41 Å². The number of amides is 3. The second kappa shape index (κ2) is 6.40. The molecule has 7 nitrogen and oxygen atoms in total. The Labute approximate surface area is 112 Å². The second-order valence-corrected chi connectivity index (χ2v) is 4.77. The van der Waals surface area contributed by atoms with Gasteiger partial charge in [0.25, 0.3) is 0 Å². The molecular formula is C12H21N3O4. The van der Waals surface area contributed by atoms with Crippen LogP contribution in [0.15, 0.2) is 0 Å². The third-order valence-electron chi connectivity index (χ3n) is 3.68. The minimum Gasteiger partial charge on any atom is -0.481 e. The van der Waals surface area contributed by atoms with Crippen LogP contribution in [-0.2, 0) is 9.59 Å². The van der Waals surface area contributed by atoms with E-state index in [9.17, 15) is 19.5 Å². The Morgan fingerprint density at radius 3 is 2.53 bits per heavy atom. The maximum Gasteiger partial charge on any atom is 0.317 e. The Hall–Kier alpha value is -1.79. The molecule has 1 heterocycles. The molecule has 3 amide bonds. The van der Waals surface area contributed by atoms with E-state index in [4.69, 9.17) is 0 Å². The minimum atomic E-state index is -0.851. The molecule has 108 valence electrons. The summed E-state index contributed by atoms with van der Waals surface area (Å²) < 4.78 is 0. The van der Waals surface area contributed by atoms with Crippen LogP contribution in [0.5, 0.6) is 0 Å². The van der Waals surface area contributed by atoms with E-state index < -0.39 is 11.4 Å². The van der Waals surface area contributed by atoms with Crippen LogP contribution >= 0.6 is 0 Å². The molecule has 1 unspecified atom stereocenters. The first-order valence-electron chi connectivity index (χ1n) is 6.42. The predicted molar refractivity (Wildman–Crippen MR) is 68.6 cm³/mol. The third kappa shape index (κ3) is 3.59. The Morgan fingerprint density at radius 2 is 2.05 bits per heavy atom. The maximum atomic E-state index is 11.8. The number of carboxylic acid groups (broad SMARTS) is 1. The Bertz CT molecular complexity index is 372. The van der Waals surface area contributed by atoms with Crippen LogP contribution in [0.4, 0.5) is 4.79 Å². The normalized spacial score (nSPS) is 22.1. The summed E-state index contributed by atoms with van der Waals surface area (Å²) in [4.78, 5) is 35.6. The first-order valence-corrected chi connectivity index (χ1v) is 6.42. The van der Waals surface area contributed by atoms with Crippen molar-refractivity contribution in [1.29, 1.82) is 0 Å². The minimum absolute atomic E-state index is 0.143. The van der Waals surface area contributed by atoms with Gasteiger partial charge < -0.3 is 20.6 Å². The van der Waals surface area contributed by atoms with E-state index in [0.717, 1.165) is 0 Å². The number of nitrogens with one attached hydrogen (secondary N) is 2. The van der Waals surface area contributed by atoms with Crippen molar-refractivity contribution in [2.24, 2.45) is 5.41 Å². The number of hydrogen-bond donors (Lipinski definition) is 3. The smallest absolute Gasteiger partial charge is 0.317 e. The molecule has 0 bridgehead atoms. The summed E-state index contributed by atoms with van der Waals surface area (Å²) in [5.74, 6) is -0.995. The lowest BCUT2D eigenvalue weighted by Crippen LogP contribution is -2.42. The molecule has 1 aliphatic rings. The molecule has 0 radical (unpaired) electrons. The lowest BCUT2D eigenvalue weighted by Gasteiger charge is -2.23. The number of aliphatic carboxylic acids is 1. The molecule has 0 aromatic carbocycles. The molecule has 0 spiro atoms. The molecular weight excluding hydrogens is 250 g/mol. The van der Waals surface area contributed by atoms with Gasteiger partial charge in [-0.05, 0) is 12.8 Å². The van der Waals surface area contributed by atoms with Crippen molar-refractivity contribution in [2.75, 3.05) is 26.7 Å². The number of carbonyl (C=O) groups excluding carboxylic acids is 2. The number of nitrogens with zero attached hydrogens (tertiary/aromatic N) is 1. The summed E-state index contributed by atoms with van der Waals surface area (Å²) in [7, 11) is 1.53. The molecule has 1 saturated heterocycles. The van der Waals surface area contributed by atoms with Crippen LogP contribution in [0.2, 0.25) is 0 Å².